The van der Waals surface area contributed by atoms with Gasteiger partial charge in [-0.05, 0) is 19.1 Å². The summed E-state index contributed by atoms with van der Waals surface area (Å²) >= 11 is 0. The summed E-state index contributed by atoms with van der Waals surface area (Å²) in [6.07, 6.45) is -1.36. The highest BCUT2D eigenvalue weighted by molar-refractivity contribution is 6.08. The first-order valence-electron chi connectivity index (χ1n) is 6.87. The van der Waals surface area contributed by atoms with Crippen LogP contribution in [-0.4, -0.2) is 42.0 Å². The Morgan fingerprint density at radius 2 is 1.54 bits per heavy atom. The molecule has 0 fully saturated rings. The van der Waals surface area contributed by atoms with Crippen molar-refractivity contribution in [2.45, 2.75) is 18.6 Å². The number of aromatic hydroxyl groups is 5. The van der Waals surface area contributed by atoms with Crippen LogP contribution in [0.15, 0.2) is 24.3 Å². The molecule has 0 amide bonds. The number of Topliss-reactive ketones (excluding diaryl/α,β-unsaturated/α-hetero) is 1. The van der Waals surface area contributed by atoms with Crippen molar-refractivity contribution in [2.24, 2.45) is 0 Å². The molecule has 0 bridgehead atoms. The third kappa shape index (κ3) is 2.16. The third-order valence-electron chi connectivity index (χ3n) is 3.90. The first kappa shape index (κ1) is 15.8. The Balaban J connectivity index is 2.18. The van der Waals surface area contributed by atoms with E-state index in [1.54, 1.807) is 0 Å². The van der Waals surface area contributed by atoms with Crippen molar-refractivity contribution in [3.8, 4) is 34.5 Å². The van der Waals surface area contributed by atoms with Crippen LogP contribution in [0.3, 0.4) is 0 Å². The van der Waals surface area contributed by atoms with Gasteiger partial charge in [-0.1, -0.05) is 0 Å². The van der Waals surface area contributed by atoms with Crippen molar-refractivity contribution in [2.75, 3.05) is 0 Å². The molecule has 3 rings (SSSR count). The molecule has 24 heavy (non-hydrogen) atoms. The molecule has 1 heterocycles. The lowest BCUT2D eigenvalue weighted by Gasteiger charge is -2.37. The number of rotatable bonds is 1. The molecule has 8 heteroatoms. The summed E-state index contributed by atoms with van der Waals surface area (Å²) in [5.41, 5.74) is -2.42. The number of ether oxygens (including phenoxy) is 1. The average Bonchev–Trinajstić information content (AvgIpc) is 2.47. The summed E-state index contributed by atoms with van der Waals surface area (Å²) in [7, 11) is 0. The number of phenols is 5. The van der Waals surface area contributed by atoms with Gasteiger partial charge in [-0.15, -0.1) is 0 Å². The first-order valence-corrected chi connectivity index (χ1v) is 6.87. The van der Waals surface area contributed by atoms with Crippen molar-refractivity contribution in [1.29, 1.82) is 0 Å². The third-order valence-corrected chi connectivity index (χ3v) is 3.90. The summed E-state index contributed by atoms with van der Waals surface area (Å²) < 4.78 is 5.52. The van der Waals surface area contributed by atoms with Gasteiger partial charge in [-0.25, -0.2) is 0 Å². The summed E-state index contributed by atoms with van der Waals surface area (Å²) in [4.78, 5) is 12.5. The minimum absolute atomic E-state index is 0.00892. The van der Waals surface area contributed by atoms with Crippen LogP contribution in [0, 0.1) is 0 Å². The monoisotopic (exact) mass is 334 g/mol. The molecule has 0 saturated heterocycles. The standard InChI is InChI=1S/C16H14O8/c1-16(23)14(22)12-8(18)4-7(17)5-11(12)24-15(16)6-2-9(19)13(21)10(20)3-6/h2-5,15,17-21,23H,1H3. The van der Waals surface area contributed by atoms with Crippen LogP contribution in [0.4, 0.5) is 0 Å². The number of fused-ring (bicyclic) bond motifs is 1. The fourth-order valence-electron chi connectivity index (χ4n) is 2.69. The molecule has 0 radical (unpaired) electrons. The Kier molecular flexibility index (Phi) is 3.24. The van der Waals surface area contributed by atoms with E-state index in [1.807, 2.05) is 0 Å². The second kappa shape index (κ2) is 4.93. The van der Waals surface area contributed by atoms with Gasteiger partial charge in [0.15, 0.2) is 29.0 Å². The quantitative estimate of drug-likeness (QED) is 0.427. The van der Waals surface area contributed by atoms with Crippen molar-refractivity contribution < 1.29 is 40.2 Å². The van der Waals surface area contributed by atoms with E-state index in [0.29, 0.717) is 0 Å². The Morgan fingerprint density at radius 1 is 0.958 bits per heavy atom. The number of phenolic OH excluding ortho intramolecular Hbond substituents is 5. The van der Waals surface area contributed by atoms with Gasteiger partial charge in [0.2, 0.25) is 5.78 Å². The molecule has 8 nitrogen and oxygen atoms in total. The van der Waals surface area contributed by atoms with Crippen LogP contribution in [0.2, 0.25) is 0 Å². The highest BCUT2D eigenvalue weighted by Gasteiger charge is 2.49. The van der Waals surface area contributed by atoms with Gasteiger partial charge >= 0.3 is 0 Å². The first-order chi connectivity index (χ1) is 11.1. The molecule has 2 atom stereocenters. The number of hydrogen-bond acceptors (Lipinski definition) is 8. The Morgan fingerprint density at radius 3 is 2.12 bits per heavy atom. The Labute approximate surface area is 135 Å². The van der Waals surface area contributed by atoms with E-state index in [0.717, 1.165) is 31.2 Å². The van der Waals surface area contributed by atoms with Crippen molar-refractivity contribution >= 4 is 5.78 Å². The molecule has 0 aliphatic carbocycles. The van der Waals surface area contributed by atoms with Gasteiger partial charge < -0.3 is 35.4 Å². The van der Waals surface area contributed by atoms with Gasteiger partial charge in [0.25, 0.3) is 0 Å². The van der Waals surface area contributed by atoms with Gasteiger partial charge in [-0.2, -0.15) is 0 Å². The van der Waals surface area contributed by atoms with Crippen LogP contribution in [0.1, 0.15) is 28.9 Å². The van der Waals surface area contributed by atoms with E-state index in [9.17, 15) is 35.4 Å². The number of carbonyl (C=O) groups excluding carboxylic acids is 1. The predicted octanol–water partition coefficient (Wildman–Crippen LogP) is 1.28. The van der Waals surface area contributed by atoms with E-state index in [1.165, 1.54) is 0 Å². The van der Waals surface area contributed by atoms with Crippen LogP contribution in [-0.2, 0) is 0 Å². The lowest BCUT2D eigenvalue weighted by molar-refractivity contribution is -0.0384. The van der Waals surface area contributed by atoms with Gasteiger partial charge in [-0.3, -0.25) is 4.79 Å². The van der Waals surface area contributed by atoms with Crippen LogP contribution in [0.25, 0.3) is 0 Å². The number of carbonyl (C=O) groups is 1. The number of hydrogen-bond donors (Lipinski definition) is 6. The summed E-state index contributed by atoms with van der Waals surface area (Å²) in [6.45, 7) is 1.15. The molecular weight excluding hydrogens is 320 g/mol. The topological polar surface area (TPSA) is 148 Å². The van der Waals surface area contributed by atoms with E-state index in [-0.39, 0.29) is 22.6 Å². The zero-order valence-corrected chi connectivity index (χ0v) is 12.4. The largest absolute Gasteiger partial charge is 0.508 e. The number of benzene rings is 2. The smallest absolute Gasteiger partial charge is 0.205 e. The Hall–Kier alpha value is -3.13. The second-order valence-corrected chi connectivity index (χ2v) is 5.72. The molecule has 2 unspecified atom stereocenters. The average molecular weight is 334 g/mol. The maximum Gasteiger partial charge on any atom is 0.205 e. The highest BCUT2D eigenvalue weighted by Crippen LogP contribution is 2.48. The molecule has 0 aromatic heterocycles. The molecular formula is C16H14O8. The highest BCUT2D eigenvalue weighted by atomic mass is 16.5. The molecule has 0 spiro atoms. The van der Waals surface area contributed by atoms with Crippen LogP contribution >= 0.6 is 0 Å². The minimum atomic E-state index is -2.14. The number of ketones is 1. The summed E-state index contributed by atoms with van der Waals surface area (Å²) in [5.74, 6) is -4.01. The van der Waals surface area contributed by atoms with E-state index < -0.39 is 40.5 Å². The zero-order valence-electron chi connectivity index (χ0n) is 12.4. The SMILES string of the molecule is CC1(O)C(=O)c2c(O)cc(O)cc2OC1c1cc(O)c(O)c(O)c1. The van der Waals surface area contributed by atoms with E-state index in [4.69, 9.17) is 4.74 Å². The van der Waals surface area contributed by atoms with Gasteiger partial charge in [0.1, 0.15) is 22.8 Å². The van der Waals surface area contributed by atoms with Crippen molar-refractivity contribution in [1.82, 2.24) is 0 Å². The zero-order chi connectivity index (χ0) is 17.8. The lowest BCUT2D eigenvalue weighted by Crippen LogP contribution is -2.47. The number of aliphatic hydroxyl groups is 1. The van der Waals surface area contributed by atoms with Crippen molar-refractivity contribution in [3.05, 3.63) is 35.4 Å². The Bertz CT molecular complexity index is 832. The molecule has 1 aliphatic rings. The molecule has 126 valence electrons. The predicted molar refractivity (Wildman–Crippen MR) is 79.5 cm³/mol. The normalized spacial score (nSPS) is 22.8. The van der Waals surface area contributed by atoms with Crippen LogP contribution in [0.5, 0.6) is 34.5 Å². The maximum atomic E-state index is 12.5. The minimum Gasteiger partial charge on any atom is -0.508 e. The summed E-state index contributed by atoms with van der Waals surface area (Å²) in [5, 5.41) is 58.6. The van der Waals surface area contributed by atoms with Crippen molar-refractivity contribution in [3.63, 3.8) is 0 Å². The fraction of sp³-hybridized carbons (Fsp3) is 0.188. The molecule has 0 saturated carbocycles. The van der Waals surface area contributed by atoms with Crippen LogP contribution < -0.4 is 4.74 Å². The van der Waals surface area contributed by atoms with E-state index in [2.05, 4.69) is 0 Å². The second-order valence-electron chi connectivity index (χ2n) is 5.72. The fourth-order valence-corrected chi connectivity index (χ4v) is 2.69. The lowest BCUT2D eigenvalue weighted by atomic mass is 9.82. The maximum absolute atomic E-state index is 12.5. The molecule has 1 aliphatic heterocycles. The molecule has 2 aromatic carbocycles. The van der Waals surface area contributed by atoms with E-state index >= 15 is 0 Å². The summed E-state index contributed by atoms with van der Waals surface area (Å²) in [6, 6.07) is 4.08. The molecule has 6 N–H and O–H groups in total. The van der Waals surface area contributed by atoms with Gasteiger partial charge in [0, 0.05) is 17.7 Å². The van der Waals surface area contributed by atoms with Gasteiger partial charge in [0.05, 0.1) is 0 Å². The molecule has 2 aromatic rings.